The summed E-state index contributed by atoms with van der Waals surface area (Å²) in [5.41, 5.74) is 0.446. The van der Waals surface area contributed by atoms with E-state index in [1.807, 2.05) is 0 Å². The quantitative estimate of drug-likeness (QED) is 0.0595. The Hall–Kier alpha value is -5.75. The van der Waals surface area contributed by atoms with Crippen LogP contribution in [-0.2, 0) is 31.5 Å². The largest absolute Gasteiger partial charge is 0.508 e. The summed E-state index contributed by atoms with van der Waals surface area (Å²) in [6.07, 6.45) is 1.13. The van der Waals surface area contributed by atoms with Gasteiger partial charge in [0.15, 0.2) is 0 Å². The standard InChI is InChI=1S/C36H35N3O12S2/c40-26-8-4-21(5-9-26)12-14-38-36(45)31(39-35(44)30-18-25-16-28(53(49,50)51)11-7-23(25)20-33(30)42)3-1-2-13-37-34(43)29-17-24-15-27(52(46,47)48)10-6-22(24)19-32(29)41/h4-11,15-20,31,40-42H,1-3,12-14H2,(H,37,43)(H,38,45)(H,39,44)(H,46,47,48)(H,49,50,51)/t31-/m0/s1. The van der Waals surface area contributed by atoms with E-state index in [2.05, 4.69) is 16.0 Å². The zero-order valence-electron chi connectivity index (χ0n) is 27.8. The van der Waals surface area contributed by atoms with Crippen LogP contribution >= 0.6 is 0 Å². The van der Waals surface area contributed by atoms with Crippen molar-refractivity contribution in [3.05, 3.63) is 102 Å². The van der Waals surface area contributed by atoms with Gasteiger partial charge in [-0.1, -0.05) is 24.3 Å². The molecule has 15 nitrogen and oxygen atoms in total. The number of rotatable bonds is 14. The minimum Gasteiger partial charge on any atom is -0.508 e. The Morgan fingerprint density at radius 3 is 1.64 bits per heavy atom. The number of carbonyl (C=O) groups is 3. The van der Waals surface area contributed by atoms with Crippen LogP contribution in [0.15, 0.2) is 94.7 Å². The molecule has 5 aromatic rings. The molecule has 0 aliphatic rings. The second kappa shape index (κ2) is 15.9. The van der Waals surface area contributed by atoms with E-state index in [4.69, 9.17) is 0 Å². The maximum absolute atomic E-state index is 13.4. The molecule has 0 spiro atoms. The van der Waals surface area contributed by atoms with Crippen LogP contribution < -0.4 is 16.0 Å². The molecule has 0 radical (unpaired) electrons. The number of aromatic hydroxyl groups is 3. The molecular weight excluding hydrogens is 731 g/mol. The highest BCUT2D eigenvalue weighted by molar-refractivity contribution is 7.86. The normalized spacial score (nSPS) is 12.3. The van der Waals surface area contributed by atoms with Crippen LogP contribution in [0.1, 0.15) is 45.5 Å². The Balaban J connectivity index is 1.25. The number of carbonyl (C=O) groups excluding carboxylic acids is 3. The first kappa shape index (κ1) is 38.5. The summed E-state index contributed by atoms with van der Waals surface area (Å²) < 4.78 is 65.2. The molecule has 53 heavy (non-hydrogen) atoms. The Morgan fingerprint density at radius 2 is 1.11 bits per heavy atom. The van der Waals surface area contributed by atoms with Crippen molar-refractivity contribution in [2.45, 2.75) is 41.5 Å². The molecule has 0 heterocycles. The zero-order valence-corrected chi connectivity index (χ0v) is 29.4. The first-order chi connectivity index (χ1) is 25.0. The van der Waals surface area contributed by atoms with Gasteiger partial charge in [-0.3, -0.25) is 23.5 Å². The number of hydrogen-bond donors (Lipinski definition) is 8. The van der Waals surface area contributed by atoms with Gasteiger partial charge in [-0.25, -0.2) is 0 Å². The Morgan fingerprint density at radius 1 is 0.585 bits per heavy atom. The lowest BCUT2D eigenvalue weighted by Crippen LogP contribution is -2.47. The molecule has 0 aliphatic carbocycles. The van der Waals surface area contributed by atoms with Gasteiger partial charge in [0.1, 0.15) is 23.3 Å². The van der Waals surface area contributed by atoms with Crippen LogP contribution in [0.3, 0.4) is 0 Å². The number of amides is 3. The van der Waals surface area contributed by atoms with Crippen molar-refractivity contribution in [3.63, 3.8) is 0 Å². The lowest BCUT2D eigenvalue weighted by molar-refractivity contribution is -0.123. The molecule has 5 aromatic carbocycles. The molecule has 0 fully saturated rings. The molecule has 0 saturated carbocycles. The van der Waals surface area contributed by atoms with E-state index in [-0.39, 0.29) is 57.8 Å². The lowest BCUT2D eigenvalue weighted by atomic mass is 10.0. The Labute approximate surface area is 303 Å². The van der Waals surface area contributed by atoms with E-state index in [1.165, 1.54) is 54.6 Å². The fourth-order valence-corrected chi connectivity index (χ4v) is 6.64. The van der Waals surface area contributed by atoms with Gasteiger partial charge in [0.05, 0.1) is 20.9 Å². The maximum Gasteiger partial charge on any atom is 0.294 e. The van der Waals surface area contributed by atoms with Crippen LogP contribution in [0.2, 0.25) is 0 Å². The minimum atomic E-state index is -4.55. The second-order valence-electron chi connectivity index (χ2n) is 12.2. The van der Waals surface area contributed by atoms with Crippen molar-refractivity contribution in [2.75, 3.05) is 13.1 Å². The summed E-state index contributed by atoms with van der Waals surface area (Å²) in [6.45, 7) is 0.277. The second-order valence-corrected chi connectivity index (χ2v) is 15.0. The monoisotopic (exact) mass is 765 g/mol. The van der Waals surface area contributed by atoms with Gasteiger partial charge in [-0.2, -0.15) is 16.8 Å². The molecule has 0 aromatic heterocycles. The highest BCUT2D eigenvalue weighted by atomic mass is 32.2. The number of phenols is 3. The van der Waals surface area contributed by atoms with Crippen LogP contribution in [0.4, 0.5) is 0 Å². The molecule has 3 amide bonds. The summed E-state index contributed by atoms with van der Waals surface area (Å²) in [7, 11) is -9.05. The average Bonchev–Trinajstić information content (AvgIpc) is 3.09. The molecular formula is C36H35N3O12S2. The van der Waals surface area contributed by atoms with Crippen LogP contribution in [0.25, 0.3) is 21.5 Å². The third-order valence-electron chi connectivity index (χ3n) is 8.41. The fourth-order valence-electron chi connectivity index (χ4n) is 5.60. The van der Waals surface area contributed by atoms with E-state index in [1.54, 1.807) is 12.1 Å². The van der Waals surface area contributed by atoms with E-state index in [0.29, 0.717) is 30.0 Å². The average molecular weight is 766 g/mol. The summed E-state index contributed by atoms with van der Waals surface area (Å²) in [4.78, 5) is 38.8. The van der Waals surface area contributed by atoms with Gasteiger partial charge in [-0.05, 0) is 113 Å². The van der Waals surface area contributed by atoms with Gasteiger partial charge in [0, 0.05) is 13.1 Å². The third kappa shape index (κ3) is 9.78. The number of phenolic OH excluding ortho intramolecular Hbond substituents is 3. The smallest absolute Gasteiger partial charge is 0.294 e. The molecule has 17 heteroatoms. The summed E-state index contributed by atoms with van der Waals surface area (Å²) in [6, 6.07) is 17.7. The van der Waals surface area contributed by atoms with Crippen molar-refractivity contribution in [3.8, 4) is 17.2 Å². The minimum absolute atomic E-state index is 0.0891. The maximum atomic E-state index is 13.4. The van der Waals surface area contributed by atoms with Gasteiger partial charge in [0.2, 0.25) is 5.91 Å². The number of benzene rings is 5. The number of unbranched alkanes of at least 4 members (excludes halogenated alkanes) is 1. The highest BCUT2D eigenvalue weighted by Gasteiger charge is 2.24. The molecule has 0 aliphatic heterocycles. The van der Waals surface area contributed by atoms with Crippen molar-refractivity contribution in [1.82, 2.24) is 16.0 Å². The summed E-state index contributed by atoms with van der Waals surface area (Å²) in [5.74, 6) is -2.74. The number of hydrogen-bond acceptors (Lipinski definition) is 10. The zero-order chi connectivity index (χ0) is 38.5. The van der Waals surface area contributed by atoms with E-state index < -0.39 is 54.6 Å². The lowest BCUT2D eigenvalue weighted by Gasteiger charge is -2.19. The molecule has 0 bridgehead atoms. The van der Waals surface area contributed by atoms with Crippen molar-refractivity contribution in [1.29, 1.82) is 0 Å². The van der Waals surface area contributed by atoms with Crippen LogP contribution in [0, 0.1) is 0 Å². The molecule has 0 saturated heterocycles. The fraction of sp³-hybridized carbons (Fsp3) is 0.194. The predicted molar refractivity (Wildman–Crippen MR) is 193 cm³/mol. The SMILES string of the molecule is O=C(NCCCC[C@H](NC(=O)c1cc2cc(S(=O)(=O)O)ccc2cc1O)C(=O)NCCc1ccc(O)cc1)c1cc2cc(S(=O)(=O)O)ccc2cc1O. The number of nitrogens with one attached hydrogen (secondary N) is 3. The van der Waals surface area contributed by atoms with E-state index in [0.717, 1.165) is 23.8 Å². The van der Waals surface area contributed by atoms with Crippen LogP contribution in [0.5, 0.6) is 17.2 Å². The summed E-state index contributed by atoms with van der Waals surface area (Å²) >= 11 is 0. The summed E-state index contributed by atoms with van der Waals surface area (Å²) in [5, 5.41) is 39.9. The molecule has 8 N–H and O–H groups in total. The van der Waals surface area contributed by atoms with E-state index >= 15 is 0 Å². The van der Waals surface area contributed by atoms with E-state index in [9.17, 15) is 55.6 Å². The highest BCUT2D eigenvalue weighted by Crippen LogP contribution is 2.29. The van der Waals surface area contributed by atoms with Gasteiger partial charge in [0.25, 0.3) is 32.1 Å². The molecule has 278 valence electrons. The topological polar surface area (TPSA) is 257 Å². The third-order valence-corrected chi connectivity index (χ3v) is 10.1. The Bertz CT molecular complexity index is 2430. The van der Waals surface area contributed by atoms with Crippen molar-refractivity contribution in [2.24, 2.45) is 0 Å². The van der Waals surface area contributed by atoms with Crippen molar-refractivity contribution >= 4 is 59.5 Å². The predicted octanol–water partition coefficient (Wildman–Crippen LogP) is 3.66. The Kier molecular flexibility index (Phi) is 11.5. The number of fused-ring (bicyclic) bond motifs is 2. The van der Waals surface area contributed by atoms with Gasteiger partial charge < -0.3 is 31.3 Å². The van der Waals surface area contributed by atoms with Gasteiger partial charge in [-0.15, -0.1) is 0 Å². The molecule has 1 atom stereocenters. The van der Waals surface area contributed by atoms with Gasteiger partial charge >= 0.3 is 0 Å². The first-order valence-corrected chi connectivity index (χ1v) is 19.0. The van der Waals surface area contributed by atoms with Crippen LogP contribution in [-0.4, -0.2) is 78.1 Å². The molecule has 0 unspecified atom stereocenters. The first-order valence-electron chi connectivity index (χ1n) is 16.1. The molecule has 5 rings (SSSR count). The van der Waals surface area contributed by atoms with Crippen molar-refractivity contribution < 1.29 is 55.6 Å².